The second-order valence-electron chi connectivity index (χ2n) is 4.08. The van der Waals surface area contributed by atoms with Gasteiger partial charge >= 0.3 is 0 Å². The van der Waals surface area contributed by atoms with Gasteiger partial charge in [-0.25, -0.2) is 4.68 Å². The van der Waals surface area contributed by atoms with Crippen molar-refractivity contribution in [3.63, 3.8) is 0 Å². The number of benzene rings is 1. The molecule has 0 aliphatic carbocycles. The van der Waals surface area contributed by atoms with E-state index in [1.165, 1.54) is 11.8 Å². The van der Waals surface area contributed by atoms with Gasteiger partial charge in [-0.3, -0.25) is 0 Å². The Hall–Kier alpha value is -1.05. The van der Waals surface area contributed by atoms with Crippen molar-refractivity contribution in [2.45, 2.75) is 13.8 Å². The second-order valence-corrected chi connectivity index (χ2v) is 6.43. The molecule has 104 valence electrons. The standard InChI is InChI=1S/C13H13BrN4S2/c1-8-12(9(2)18(17-8)13(19)20-3)16-15-11-6-4-10(14)5-7-11/h4-7H,1-3H3. The van der Waals surface area contributed by atoms with E-state index in [2.05, 4.69) is 31.3 Å². The Morgan fingerprint density at radius 2 is 1.90 bits per heavy atom. The van der Waals surface area contributed by atoms with Gasteiger partial charge in [-0.1, -0.05) is 39.9 Å². The molecule has 4 nitrogen and oxygen atoms in total. The van der Waals surface area contributed by atoms with Gasteiger partial charge in [0.2, 0.25) is 0 Å². The lowest BCUT2D eigenvalue weighted by atomic mass is 10.3. The van der Waals surface area contributed by atoms with Crippen molar-refractivity contribution >= 4 is 55.6 Å². The average molecular weight is 369 g/mol. The van der Waals surface area contributed by atoms with Gasteiger partial charge < -0.3 is 0 Å². The summed E-state index contributed by atoms with van der Waals surface area (Å²) in [6.45, 7) is 3.85. The molecule has 1 heterocycles. The zero-order chi connectivity index (χ0) is 14.7. The molecular formula is C13H13BrN4S2. The largest absolute Gasteiger partial charge is 0.218 e. The Morgan fingerprint density at radius 1 is 1.25 bits per heavy atom. The van der Waals surface area contributed by atoms with Gasteiger partial charge in [-0.15, -0.1) is 5.11 Å². The van der Waals surface area contributed by atoms with Crippen LogP contribution in [0.5, 0.6) is 0 Å². The summed E-state index contributed by atoms with van der Waals surface area (Å²) in [5.41, 5.74) is 3.29. The topological polar surface area (TPSA) is 42.5 Å². The molecule has 0 saturated heterocycles. The van der Waals surface area contributed by atoms with Crippen molar-refractivity contribution < 1.29 is 0 Å². The van der Waals surface area contributed by atoms with Crippen LogP contribution in [0.4, 0.5) is 11.4 Å². The number of aryl methyl sites for hydroxylation is 1. The van der Waals surface area contributed by atoms with E-state index >= 15 is 0 Å². The Balaban J connectivity index is 2.32. The van der Waals surface area contributed by atoms with E-state index in [1.807, 2.05) is 44.4 Å². The highest BCUT2D eigenvalue weighted by atomic mass is 79.9. The third-order valence-corrected chi connectivity index (χ3v) is 4.42. The van der Waals surface area contributed by atoms with E-state index in [1.54, 1.807) is 4.68 Å². The van der Waals surface area contributed by atoms with Gasteiger partial charge in [-0.05, 0) is 44.4 Å². The minimum absolute atomic E-state index is 0.704. The summed E-state index contributed by atoms with van der Waals surface area (Å²) >= 11 is 10.1. The molecule has 0 aliphatic heterocycles. The van der Waals surface area contributed by atoms with Gasteiger partial charge in [0.25, 0.3) is 0 Å². The van der Waals surface area contributed by atoms with E-state index in [-0.39, 0.29) is 0 Å². The van der Waals surface area contributed by atoms with Crippen LogP contribution in [0.15, 0.2) is 39.0 Å². The fourth-order valence-corrected chi connectivity index (χ4v) is 2.45. The molecule has 0 radical (unpaired) electrons. The first-order valence-corrected chi connectivity index (χ1v) is 8.27. The number of nitrogens with zero attached hydrogens (tertiary/aromatic N) is 4. The van der Waals surface area contributed by atoms with Crippen LogP contribution in [0.25, 0.3) is 0 Å². The number of rotatable bonds is 2. The minimum atomic E-state index is 0.704. The quantitative estimate of drug-likeness (QED) is 0.542. The van der Waals surface area contributed by atoms with Crippen molar-refractivity contribution in [2.75, 3.05) is 6.26 Å². The monoisotopic (exact) mass is 368 g/mol. The van der Waals surface area contributed by atoms with Gasteiger partial charge in [-0.2, -0.15) is 10.2 Å². The number of hydrogen-bond acceptors (Lipinski definition) is 5. The van der Waals surface area contributed by atoms with Crippen LogP contribution >= 0.6 is 39.9 Å². The highest BCUT2D eigenvalue weighted by molar-refractivity contribution is 9.10. The van der Waals surface area contributed by atoms with Crippen LogP contribution < -0.4 is 0 Å². The predicted molar refractivity (Wildman–Crippen MR) is 91.5 cm³/mol. The molecule has 2 rings (SSSR count). The molecular weight excluding hydrogens is 356 g/mol. The highest BCUT2D eigenvalue weighted by Gasteiger charge is 2.13. The van der Waals surface area contributed by atoms with E-state index < -0.39 is 0 Å². The normalized spacial score (nSPS) is 11.2. The Morgan fingerprint density at radius 3 is 2.50 bits per heavy atom. The summed E-state index contributed by atoms with van der Waals surface area (Å²) in [6.07, 6.45) is 1.93. The first kappa shape index (κ1) is 15.3. The third-order valence-electron chi connectivity index (χ3n) is 2.69. The Labute approximate surface area is 135 Å². The lowest BCUT2D eigenvalue weighted by molar-refractivity contribution is 0.906. The molecule has 0 atom stereocenters. The van der Waals surface area contributed by atoms with Crippen molar-refractivity contribution in [2.24, 2.45) is 10.2 Å². The van der Waals surface area contributed by atoms with Crippen LogP contribution in [0.2, 0.25) is 0 Å². The number of aromatic nitrogens is 2. The van der Waals surface area contributed by atoms with Crippen molar-refractivity contribution in [1.29, 1.82) is 0 Å². The van der Waals surface area contributed by atoms with Crippen molar-refractivity contribution in [3.8, 4) is 0 Å². The number of azo groups is 1. The van der Waals surface area contributed by atoms with Crippen molar-refractivity contribution in [3.05, 3.63) is 40.1 Å². The molecule has 0 aliphatic rings. The molecule has 0 amide bonds. The van der Waals surface area contributed by atoms with Crippen molar-refractivity contribution in [1.82, 2.24) is 9.78 Å². The van der Waals surface area contributed by atoms with Gasteiger partial charge in [0, 0.05) is 4.47 Å². The minimum Gasteiger partial charge on any atom is -0.218 e. The molecule has 0 spiro atoms. The van der Waals surface area contributed by atoms with Crippen LogP contribution in [-0.4, -0.2) is 20.4 Å². The molecule has 1 aromatic carbocycles. The predicted octanol–water partition coefficient (Wildman–Crippen LogP) is 5.17. The Bertz CT molecular complexity index is 662. The highest BCUT2D eigenvalue weighted by Crippen LogP contribution is 2.27. The smallest absolute Gasteiger partial charge is 0.161 e. The zero-order valence-electron chi connectivity index (χ0n) is 11.3. The first-order chi connectivity index (χ1) is 9.52. The van der Waals surface area contributed by atoms with E-state index in [9.17, 15) is 0 Å². The molecule has 0 bridgehead atoms. The zero-order valence-corrected chi connectivity index (χ0v) is 14.5. The van der Waals surface area contributed by atoms with Gasteiger partial charge in [0.05, 0.1) is 17.1 Å². The van der Waals surface area contributed by atoms with E-state index in [4.69, 9.17) is 12.2 Å². The summed E-state index contributed by atoms with van der Waals surface area (Å²) in [5.74, 6) is 0. The number of thiocarbonyl (C=S) groups is 1. The summed E-state index contributed by atoms with van der Waals surface area (Å²) in [5, 5.41) is 12.9. The molecule has 2 aromatic rings. The van der Waals surface area contributed by atoms with E-state index in [0.717, 1.165) is 27.2 Å². The lowest BCUT2D eigenvalue weighted by Gasteiger charge is -2.01. The van der Waals surface area contributed by atoms with Gasteiger partial charge in [0.1, 0.15) is 5.69 Å². The fourth-order valence-electron chi connectivity index (χ4n) is 1.66. The maximum atomic E-state index is 5.26. The molecule has 1 aromatic heterocycles. The maximum Gasteiger partial charge on any atom is 0.161 e. The number of hydrogen-bond donors (Lipinski definition) is 0. The average Bonchev–Trinajstić information content (AvgIpc) is 2.73. The molecule has 7 heteroatoms. The Kier molecular flexibility index (Phi) is 5.06. The summed E-state index contributed by atoms with van der Waals surface area (Å²) in [7, 11) is 0. The van der Waals surface area contributed by atoms with E-state index in [0.29, 0.717) is 4.32 Å². The van der Waals surface area contributed by atoms with Gasteiger partial charge in [0.15, 0.2) is 4.32 Å². The van der Waals surface area contributed by atoms with Crippen LogP contribution in [0, 0.1) is 13.8 Å². The molecule has 20 heavy (non-hydrogen) atoms. The second kappa shape index (κ2) is 6.60. The SMILES string of the molecule is CSC(=S)n1nc(C)c(N=Nc2ccc(Br)cc2)c1C. The lowest BCUT2D eigenvalue weighted by Crippen LogP contribution is -2.07. The molecule has 0 N–H and O–H groups in total. The summed E-state index contributed by atoms with van der Waals surface area (Å²) in [6, 6.07) is 7.66. The molecule has 0 unspecified atom stereocenters. The first-order valence-electron chi connectivity index (χ1n) is 5.84. The number of halogens is 1. The molecule has 0 saturated carbocycles. The maximum absolute atomic E-state index is 5.26. The fraction of sp³-hybridized carbons (Fsp3) is 0.231. The van der Waals surface area contributed by atoms with Crippen LogP contribution in [0.3, 0.4) is 0 Å². The van der Waals surface area contributed by atoms with Crippen LogP contribution in [-0.2, 0) is 0 Å². The summed E-state index contributed by atoms with van der Waals surface area (Å²) < 4.78 is 3.45. The van der Waals surface area contributed by atoms with Crippen LogP contribution in [0.1, 0.15) is 11.4 Å². The summed E-state index contributed by atoms with van der Waals surface area (Å²) in [4.78, 5) is 0. The number of thioether (sulfide) groups is 1. The molecule has 0 fully saturated rings. The third kappa shape index (κ3) is 3.34.